The molecular weight excluding hydrogens is 412 g/mol. The van der Waals surface area contributed by atoms with Crippen molar-refractivity contribution in [3.63, 3.8) is 0 Å². The van der Waals surface area contributed by atoms with E-state index < -0.39 is 0 Å². The summed E-state index contributed by atoms with van der Waals surface area (Å²) in [4.78, 5) is 28.6. The zero-order chi connectivity index (χ0) is 19.0. The third-order valence-corrected chi connectivity index (χ3v) is 5.43. The molecule has 0 atom stereocenters. The maximum atomic E-state index is 12.9. The molecule has 2 aromatic carbocycles. The monoisotopic (exact) mass is 430 g/mol. The van der Waals surface area contributed by atoms with Crippen LogP contribution < -0.4 is 14.4 Å². The topological polar surface area (TPSA) is 59.1 Å². The van der Waals surface area contributed by atoms with Crippen LogP contribution in [0.25, 0.3) is 0 Å². The summed E-state index contributed by atoms with van der Waals surface area (Å²) in [5, 5.41) is 0. The highest BCUT2D eigenvalue weighted by molar-refractivity contribution is 9.10. The zero-order valence-corrected chi connectivity index (χ0v) is 16.5. The van der Waals surface area contributed by atoms with Gasteiger partial charge in [0.2, 0.25) is 5.91 Å². The van der Waals surface area contributed by atoms with Crippen LogP contribution >= 0.6 is 15.9 Å². The summed E-state index contributed by atoms with van der Waals surface area (Å²) in [7, 11) is 1.63. The molecular formula is C20H19BrN2O4. The molecule has 140 valence electrons. The standard InChI is InChI=1S/C20H19BrN2O4/c1-26-16-4-2-13-6-7-22(10-14(13)8-16)19(24)11-23-17-5-3-15(21)9-18(17)27-12-20(23)25/h2-5,8-9H,6-7,10-12H2,1H3. The summed E-state index contributed by atoms with van der Waals surface area (Å²) >= 11 is 3.40. The number of ether oxygens (including phenoxy) is 2. The van der Waals surface area contributed by atoms with Crippen molar-refractivity contribution in [2.75, 3.05) is 31.7 Å². The molecule has 0 unspecified atom stereocenters. The Kier molecular flexibility index (Phi) is 4.78. The van der Waals surface area contributed by atoms with Crippen molar-refractivity contribution in [2.45, 2.75) is 13.0 Å². The lowest BCUT2D eigenvalue weighted by atomic mass is 9.99. The molecule has 2 aliphatic heterocycles. The lowest BCUT2D eigenvalue weighted by Gasteiger charge is -2.33. The van der Waals surface area contributed by atoms with Crippen LogP contribution in [0.4, 0.5) is 5.69 Å². The van der Waals surface area contributed by atoms with Gasteiger partial charge >= 0.3 is 0 Å². The van der Waals surface area contributed by atoms with Crippen molar-refractivity contribution in [1.82, 2.24) is 4.90 Å². The first-order valence-electron chi connectivity index (χ1n) is 8.71. The fourth-order valence-electron chi connectivity index (χ4n) is 3.46. The number of nitrogens with zero attached hydrogens (tertiary/aromatic N) is 2. The Morgan fingerprint density at radius 2 is 2.07 bits per heavy atom. The van der Waals surface area contributed by atoms with Gasteiger partial charge in [-0.25, -0.2) is 0 Å². The number of fused-ring (bicyclic) bond motifs is 2. The number of carbonyl (C=O) groups excluding carboxylic acids is 2. The molecule has 2 amide bonds. The van der Waals surface area contributed by atoms with Gasteiger partial charge in [0.05, 0.1) is 12.8 Å². The average Bonchev–Trinajstić information content (AvgIpc) is 2.69. The molecule has 0 fully saturated rings. The summed E-state index contributed by atoms with van der Waals surface area (Å²) in [5.41, 5.74) is 2.95. The molecule has 0 aromatic heterocycles. The van der Waals surface area contributed by atoms with Crippen LogP contribution in [-0.2, 0) is 22.6 Å². The van der Waals surface area contributed by atoms with Gasteiger partial charge in [-0.15, -0.1) is 0 Å². The fourth-order valence-corrected chi connectivity index (χ4v) is 3.80. The van der Waals surface area contributed by atoms with Gasteiger partial charge < -0.3 is 14.4 Å². The molecule has 0 N–H and O–H groups in total. The summed E-state index contributed by atoms with van der Waals surface area (Å²) in [5.74, 6) is 1.10. The minimum atomic E-state index is -0.211. The number of hydrogen-bond acceptors (Lipinski definition) is 4. The van der Waals surface area contributed by atoms with Crippen LogP contribution in [0.3, 0.4) is 0 Å². The van der Waals surface area contributed by atoms with Gasteiger partial charge in [0.15, 0.2) is 6.61 Å². The van der Waals surface area contributed by atoms with E-state index in [1.165, 1.54) is 10.5 Å². The van der Waals surface area contributed by atoms with Crippen LogP contribution in [0, 0.1) is 0 Å². The third-order valence-electron chi connectivity index (χ3n) is 4.94. The number of amides is 2. The normalized spacial score (nSPS) is 15.7. The molecule has 2 heterocycles. The Bertz CT molecular complexity index is 915. The Morgan fingerprint density at radius 1 is 1.22 bits per heavy atom. The van der Waals surface area contributed by atoms with Crippen molar-refractivity contribution >= 4 is 33.4 Å². The average molecular weight is 431 g/mol. The molecule has 0 radical (unpaired) electrons. The summed E-state index contributed by atoms with van der Waals surface area (Å²) in [6, 6.07) is 11.4. The maximum absolute atomic E-state index is 12.9. The number of methoxy groups -OCH3 is 1. The van der Waals surface area contributed by atoms with E-state index in [0.717, 1.165) is 22.2 Å². The molecule has 0 aliphatic carbocycles. The van der Waals surface area contributed by atoms with Gasteiger partial charge in [-0.05, 0) is 47.9 Å². The first-order valence-corrected chi connectivity index (χ1v) is 9.51. The molecule has 2 aromatic rings. The van der Waals surface area contributed by atoms with Crippen LogP contribution in [0.2, 0.25) is 0 Å². The fraction of sp³-hybridized carbons (Fsp3) is 0.300. The van der Waals surface area contributed by atoms with Crippen molar-refractivity contribution in [3.8, 4) is 11.5 Å². The highest BCUT2D eigenvalue weighted by Crippen LogP contribution is 2.34. The number of benzene rings is 2. The van der Waals surface area contributed by atoms with Crippen LogP contribution in [0.5, 0.6) is 11.5 Å². The second kappa shape index (κ2) is 7.23. The van der Waals surface area contributed by atoms with Crippen molar-refractivity contribution in [2.24, 2.45) is 0 Å². The summed E-state index contributed by atoms with van der Waals surface area (Å²) in [6.45, 7) is 1.12. The number of anilines is 1. The number of rotatable bonds is 3. The third kappa shape index (κ3) is 3.51. The minimum Gasteiger partial charge on any atom is -0.497 e. The molecule has 6 nitrogen and oxygen atoms in total. The predicted molar refractivity (Wildman–Crippen MR) is 104 cm³/mol. The molecule has 0 spiro atoms. The lowest BCUT2D eigenvalue weighted by molar-refractivity contribution is -0.132. The van der Waals surface area contributed by atoms with E-state index in [1.807, 2.05) is 24.3 Å². The first-order chi connectivity index (χ1) is 13.0. The van der Waals surface area contributed by atoms with E-state index in [4.69, 9.17) is 9.47 Å². The Hall–Kier alpha value is -2.54. The summed E-state index contributed by atoms with van der Waals surface area (Å²) < 4.78 is 11.6. The molecule has 0 saturated carbocycles. The highest BCUT2D eigenvalue weighted by atomic mass is 79.9. The molecule has 0 bridgehead atoms. The summed E-state index contributed by atoms with van der Waals surface area (Å²) in [6.07, 6.45) is 0.797. The number of halogens is 1. The molecule has 4 rings (SSSR count). The quantitative estimate of drug-likeness (QED) is 0.750. The van der Waals surface area contributed by atoms with Crippen molar-refractivity contribution in [1.29, 1.82) is 0 Å². The minimum absolute atomic E-state index is 0.0100. The molecule has 2 aliphatic rings. The van der Waals surface area contributed by atoms with Gasteiger partial charge in [-0.2, -0.15) is 0 Å². The predicted octanol–water partition coefficient (Wildman–Crippen LogP) is 2.77. The highest BCUT2D eigenvalue weighted by Gasteiger charge is 2.30. The van der Waals surface area contributed by atoms with Gasteiger partial charge in [0.25, 0.3) is 5.91 Å². The van der Waals surface area contributed by atoms with E-state index in [0.29, 0.717) is 24.5 Å². The number of hydrogen-bond donors (Lipinski definition) is 0. The Labute approximate surface area is 165 Å². The van der Waals surface area contributed by atoms with Crippen LogP contribution in [0.15, 0.2) is 40.9 Å². The van der Waals surface area contributed by atoms with Gasteiger partial charge in [0, 0.05) is 17.6 Å². The number of carbonyl (C=O) groups is 2. The molecule has 0 saturated heterocycles. The largest absolute Gasteiger partial charge is 0.497 e. The van der Waals surface area contributed by atoms with E-state index in [-0.39, 0.29) is 25.0 Å². The van der Waals surface area contributed by atoms with Gasteiger partial charge in [-0.3, -0.25) is 14.5 Å². The second-order valence-electron chi connectivity index (χ2n) is 6.58. The van der Waals surface area contributed by atoms with Crippen LogP contribution in [-0.4, -0.2) is 43.5 Å². The lowest BCUT2D eigenvalue weighted by Crippen LogP contribution is -2.47. The van der Waals surface area contributed by atoms with Gasteiger partial charge in [-0.1, -0.05) is 22.0 Å². The first kappa shape index (κ1) is 17.9. The van der Waals surface area contributed by atoms with E-state index >= 15 is 0 Å². The van der Waals surface area contributed by atoms with E-state index in [2.05, 4.69) is 22.0 Å². The maximum Gasteiger partial charge on any atom is 0.265 e. The van der Waals surface area contributed by atoms with Crippen molar-refractivity contribution < 1.29 is 19.1 Å². The van der Waals surface area contributed by atoms with E-state index in [9.17, 15) is 9.59 Å². The smallest absolute Gasteiger partial charge is 0.265 e. The molecule has 27 heavy (non-hydrogen) atoms. The molecule has 7 heteroatoms. The van der Waals surface area contributed by atoms with Crippen molar-refractivity contribution in [3.05, 3.63) is 52.0 Å². The Balaban J connectivity index is 1.52. The Morgan fingerprint density at radius 3 is 2.89 bits per heavy atom. The van der Waals surface area contributed by atoms with Crippen LogP contribution in [0.1, 0.15) is 11.1 Å². The van der Waals surface area contributed by atoms with Gasteiger partial charge in [0.1, 0.15) is 18.0 Å². The SMILES string of the molecule is COc1ccc2c(c1)CN(C(=O)CN1C(=O)COc3cc(Br)ccc31)CC2. The second-order valence-corrected chi connectivity index (χ2v) is 7.50. The van der Waals surface area contributed by atoms with E-state index in [1.54, 1.807) is 18.1 Å². The zero-order valence-electron chi connectivity index (χ0n) is 14.9.